The van der Waals surface area contributed by atoms with Gasteiger partial charge in [-0.3, -0.25) is 23.7 Å². The molecule has 2 bridgehead atoms. The highest BCUT2D eigenvalue weighted by Crippen LogP contribution is 2.46. The number of nitrogens with one attached hydrogen (secondary N) is 3. The topological polar surface area (TPSA) is 142 Å². The van der Waals surface area contributed by atoms with Crippen molar-refractivity contribution in [2.75, 3.05) is 7.05 Å². The van der Waals surface area contributed by atoms with Crippen LogP contribution in [-0.2, 0) is 28.2 Å². The Balaban J connectivity index is 1.72. The fraction of sp³-hybridized carbons (Fsp3) is 0.409. The molecule has 0 saturated heterocycles. The van der Waals surface area contributed by atoms with Gasteiger partial charge in [-0.1, -0.05) is 17.7 Å². The van der Waals surface area contributed by atoms with Crippen LogP contribution in [0.25, 0.3) is 0 Å². The Morgan fingerprint density at radius 3 is 2.51 bits per heavy atom. The zero-order chi connectivity index (χ0) is 25.5. The van der Waals surface area contributed by atoms with Crippen LogP contribution in [0.2, 0.25) is 5.02 Å². The first-order valence-electron chi connectivity index (χ1n) is 10.8. The van der Waals surface area contributed by atoms with Crippen molar-refractivity contribution >= 4 is 29.3 Å². The number of nitrogens with zero attached hydrogens (tertiary/aromatic N) is 2. The van der Waals surface area contributed by atoms with Gasteiger partial charge in [0.15, 0.2) is 5.69 Å². The lowest BCUT2D eigenvalue weighted by molar-refractivity contribution is -0.140. The molecule has 1 saturated carbocycles. The molecule has 0 unspecified atom stereocenters. The Morgan fingerprint density at radius 2 is 1.89 bits per heavy atom. The third-order valence-corrected chi connectivity index (χ3v) is 6.74. The van der Waals surface area contributed by atoms with Gasteiger partial charge in [-0.25, -0.2) is 13.8 Å². The van der Waals surface area contributed by atoms with Crippen molar-refractivity contribution in [2.24, 2.45) is 0 Å². The molecule has 13 heteroatoms. The molecule has 0 radical (unpaired) electrons. The molecule has 10 nitrogen and oxygen atoms in total. The van der Waals surface area contributed by atoms with Crippen molar-refractivity contribution in [3.05, 3.63) is 56.5 Å². The van der Waals surface area contributed by atoms with E-state index in [0.29, 0.717) is 5.56 Å². The lowest BCUT2D eigenvalue weighted by Gasteiger charge is -2.38. The van der Waals surface area contributed by atoms with Crippen LogP contribution >= 0.6 is 11.6 Å². The summed E-state index contributed by atoms with van der Waals surface area (Å²) in [5.41, 5.74) is -4.41. The molecular formula is C22H22ClF2N5O5. The molecule has 5 rings (SSSR count). The Morgan fingerprint density at radius 1 is 1.20 bits per heavy atom. The molecule has 3 amide bonds. The van der Waals surface area contributed by atoms with Gasteiger partial charge in [0.1, 0.15) is 17.3 Å². The molecule has 1 aliphatic carbocycles. The number of hydrogen-bond acceptors (Lipinski definition) is 6. The first kappa shape index (κ1) is 24.6. The summed E-state index contributed by atoms with van der Waals surface area (Å²) >= 11 is 5.75. The minimum absolute atomic E-state index is 0.0264. The van der Waals surface area contributed by atoms with Crippen LogP contribution in [0.4, 0.5) is 8.78 Å². The Labute approximate surface area is 202 Å². The van der Waals surface area contributed by atoms with Gasteiger partial charge in [0.2, 0.25) is 5.75 Å². The molecule has 3 aliphatic rings. The van der Waals surface area contributed by atoms with E-state index in [1.165, 1.54) is 19.2 Å². The number of aromatic hydroxyl groups is 1. The third-order valence-electron chi connectivity index (χ3n) is 6.45. The summed E-state index contributed by atoms with van der Waals surface area (Å²) in [5, 5.41) is 17.5. The number of amides is 3. The van der Waals surface area contributed by atoms with E-state index in [1.807, 2.05) is 0 Å². The Kier molecular flexibility index (Phi) is 6.26. The van der Waals surface area contributed by atoms with Gasteiger partial charge < -0.3 is 21.1 Å². The number of likely N-dealkylation sites (N-methyl/N-ethyl adjacent to an activating group) is 1. The van der Waals surface area contributed by atoms with Gasteiger partial charge >= 0.3 is 11.8 Å². The van der Waals surface area contributed by atoms with Crippen LogP contribution < -0.4 is 21.5 Å². The molecule has 1 fully saturated rings. The van der Waals surface area contributed by atoms with Crippen LogP contribution in [0.3, 0.4) is 0 Å². The first-order valence-corrected chi connectivity index (χ1v) is 11.2. The maximum Gasteiger partial charge on any atom is 0.310 e. The predicted octanol–water partition coefficient (Wildman–Crippen LogP) is 1.02. The van der Waals surface area contributed by atoms with E-state index in [0.717, 1.165) is 10.6 Å². The minimum Gasteiger partial charge on any atom is -0.501 e. The SMILES string of the molecule is CNC(=O)C(=O)NC12CCC(F)(CC1)Cn1c2nc(C(=O)NCc2ccc(F)c(Cl)c2)c(O)c1=O. The largest absolute Gasteiger partial charge is 0.501 e. The third kappa shape index (κ3) is 4.45. The van der Waals surface area contributed by atoms with Crippen molar-refractivity contribution < 1.29 is 28.3 Å². The van der Waals surface area contributed by atoms with Crippen molar-refractivity contribution in [3.63, 3.8) is 0 Å². The molecule has 1 aromatic carbocycles. The highest BCUT2D eigenvalue weighted by Gasteiger charge is 2.52. The second-order valence-corrected chi connectivity index (χ2v) is 9.13. The average Bonchev–Trinajstić information content (AvgIpc) is 3.03. The summed E-state index contributed by atoms with van der Waals surface area (Å²) in [6.45, 7) is -0.542. The predicted molar refractivity (Wildman–Crippen MR) is 119 cm³/mol. The van der Waals surface area contributed by atoms with Gasteiger partial charge in [0.25, 0.3) is 11.5 Å². The number of benzene rings is 1. The Hall–Kier alpha value is -3.54. The standard InChI is InChI=1S/C22H22ClF2N5O5/c1-26-17(33)18(34)29-22-6-4-21(25,5-7-22)10-30-19(35)15(31)14(28-20(22)30)16(32)27-9-11-2-3-13(24)12(23)8-11/h2-3,8,31H,4-7,9-10H2,1H3,(H,26,33)(H,27,32)(H,29,34). The molecular weight excluding hydrogens is 488 g/mol. The average molecular weight is 510 g/mol. The van der Waals surface area contributed by atoms with Gasteiger partial charge in [-0.2, -0.15) is 0 Å². The molecule has 0 atom stereocenters. The quantitative estimate of drug-likeness (QED) is 0.453. The summed E-state index contributed by atoms with van der Waals surface area (Å²) in [6, 6.07) is 3.82. The highest BCUT2D eigenvalue weighted by molar-refractivity contribution is 6.35. The van der Waals surface area contributed by atoms with Gasteiger partial charge in [0, 0.05) is 13.6 Å². The Bertz CT molecular complexity index is 1290. The number of aromatic nitrogens is 2. The van der Waals surface area contributed by atoms with Crippen LogP contribution in [0.1, 0.15) is 47.6 Å². The van der Waals surface area contributed by atoms with Crippen molar-refractivity contribution in [1.82, 2.24) is 25.5 Å². The van der Waals surface area contributed by atoms with E-state index < -0.39 is 58.3 Å². The van der Waals surface area contributed by atoms with Crippen LogP contribution in [0.15, 0.2) is 23.0 Å². The molecule has 4 N–H and O–H groups in total. The zero-order valence-electron chi connectivity index (χ0n) is 18.6. The number of carbonyl (C=O) groups is 3. The lowest BCUT2D eigenvalue weighted by atomic mass is 9.76. The molecule has 35 heavy (non-hydrogen) atoms. The summed E-state index contributed by atoms with van der Waals surface area (Å²) in [4.78, 5) is 54.3. The molecule has 1 aromatic heterocycles. The van der Waals surface area contributed by atoms with E-state index in [4.69, 9.17) is 11.6 Å². The van der Waals surface area contributed by atoms with Crippen molar-refractivity contribution in [2.45, 2.75) is 50.0 Å². The summed E-state index contributed by atoms with van der Waals surface area (Å²) < 4.78 is 29.7. The molecule has 186 valence electrons. The van der Waals surface area contributed by atoms with E-state index in [2.05, 4.69) is 20.9 Å². The van der Waals surface area contributed by atoms with Gasteiger partial charge in [-0.05, 0) is 43.4 Å². The number of hydrogen-bond donors (Lipinski definition) is 4. The van der Waals surface area contributed by atoms with Gasteiger partial charge in [0.05, 0.1) is 17.1 Å². The summed E-state index contributed by atoms with van der Waals surface area (Å²) in [6.07, 6.45) is -0.00788. The first-order chi connectivity index (χ1) is 16.5. The number of alkyl halides is 1. The van der Waals surface area contributed by atoms with E-state index in [1.54, 1.807) is 0 Å². The van der Waals surface area contributed by atoms with Crippen molar-refractivity contribution in [3.8, 4) is 5.75 Å². The van der Waals surface area contributed by atoms with E-state index in [-0.39, 0.29) is 43.1 Å². The molecule has 2 aromatic rings. The van der Waals surface area contributed by atoms with Crippen LogP contribution in [-0.4, -0.2) is 45.1 Å². The summed E-state index contributed by atoms with van der Waals surface area (Å²) in [5.74, 6) is -4.61. The molecule has 0 spiro atoms. The van der Waals surface area contributed by atoms with Crippen LogP contribution in [0.5, 0.6) is 5.75 Å². The van der Waals surface area contributed by atoms with E-state index >= 15 is 4.39 Å². The highest BCUT2D eigenvalue weighted by atomic mass is 35.5. The zero-order valence-corrected chi connectivity index (χ0v) is 19.3. The molecule has 3 heterocycles. The fourth-order valence-corrected chi connectivity index (χ4v) is 4.69. The fourth-order valence-electron chi connectivity index (χ4n) is 4.49. The van der Waals surface area contributed by atoms with Gasteiger partial charge in [-0.15, -0.1) is 0 Å². The smallest absolute Gasteiger partial charge is 0.310 e. The maximum atomic E-state index is 15.4. The normalized spacial score (nSPS) is 22.6. The maximum absolute atomic E-state index is 15.4. The number of carbonyl (C=O) groups excluding carboxylic acids is 3. The monoisotopic (exact) mass is 509 g/mol. The second kappa shape index (κ2) is 8.91. The van der Waals surface area contributed by atoms with Crippen molar-refractivity contribution in [1.29, 1.82) is 0 Å². The summed E-state index contributed by atoms with van der Waals surface area (Å²) in [7, 11) is 1.27. The van der Waals surface area contributed by atoms with E-state index in [9.17, 15) is 28.7 Å². The number of rotatable bonds is 4. The number of fused-ring (bicyclic) bond motifs is 2. The second-order valence-electron chi connectivity index (χ2n) is 8.72. The van der Waals surface area contributed by atoms with Crippen LogP contribution in [0, 0.1) is 5.82 Å². The lowest BCUT2D eigenvalue weighted by Crippen LogP contribution is -2.54. The molecule has 2 aliphatic heterocycles. The number of halogens is 3. The minimum atomic E-state index is -1.78.